The van der Waals surface area contributed by atoms with Gasteiger partial charge in [-0.25, -0.2) is 4.68 Å². The molecule has 0 aliphatic carbocycles. The minimum Gasteiger partial charge on any atom is -0.460 e. The van der Waals surface area contributed by atoms with Crippen molar-refractivity contribution < 1.29 is 4.42 Å². The Kier molecular flexibility index (Phi) is 4.27. The average Bonchev–Trinajstić information content (AvgIpc) is 3.11. The lowest BCUT2D eigenvalue weighted by Crippen LogP contribution is -2.11. The molecule has 0 unspecified atom stereocenters. The first-order valence-corrected chi connectivity index (χ1v) is 7.93. The highest BCUT2D eigenvalue weighted by Crippen LogP contribution is 2.22. The van der Waals surface area contributed by atoms with Crippen LogP contribution in [0.2, 0.25) is 5.02 Å². The quantitative estimate of drug-likeness (QED) is 0.664. The van der Waals surface area contributed by atoms with Crippen LogP contribution in [-0.2, 0) is 0 Å². The number of benzene rings is 1. The second-order valence-corrected chi connectivity index (χ2v) is 5.91. The number of aromatic nitrogens is 1. The van der Waals surface area contributed by atoms with Gasteiger partial charge in [-0.3, -0.25) is 4.99 Å². The summed E-state index contributed by atoms with van der Waals surface area (Å²) < 4.78 is 7.31. The normalized spacial score (nSPS) is 12.4. The second kappa shape index (κ2) is 6.34. The van der Waals surface area contributed by atoms with Crippen LogP contribution in [0.5, 0.6) is 0 Å². The van der Waals surface area contributed by atoms with Crippen LogP contribution in [0.1, 0.15) is 11.5 Å². The third-order valence-corrected chi connectivity index (χ3v) is 4.24. The van der Waals surface area contributed by atoms with Crippen molar-refractivity contribution in [3.05, 3.63) is 63.1 Å². The van der Waals surface area contributed by atoms with E-state index in [2.05, 4.69) is 10.1 Å². The third-order valence-electron chi connectivity index (χ3n) is 3.08. The van der Waals surface area contributed by atoms with Crippen LogP contribution in [0.4, 0.5) is 0 Å². The number of hydrogen-bond acceptors (Lipinski definition) is 4. The Morgan fingerprint density at radius 2 is 1.95 bits per heavy atom. The molecule has 0 atom stereocenters. The average molecular weight is 332 g/mol. The number of furan rings is 1. The summed E-state index contributed by atoms with van der Waals surface area (Å²) in [6.45, 7) is 1.90. The van der Waals surface area contributed by atoms with Gasteiger partial charge in [0.25, 0.3) is 0 Å². The van der Waals surface area contributed by atoms with Gasteiger partial charge in [0, 0.05) is 23.0 Å². The predicted molar refractivity (Wildman–Crippen MR) is 90.7 cm³/mol. The fraction of sp³-hybridized carbons (Fsp3) is 0.125. The Balaban J connectivity index is 2.04. The lowest BCUT2D eigenvalue weighted by atomic mass is 10.2. The van der Waals surface area contributed by atoms with E-state index < -0.39 is 0 Å². The molecule has 2 aromatic heterocycles. The molecule has 0 bridgehead atoms. The van der Waals surface area contributed by atoms with Crippen molar-refractivity contribution >= 4 is 29.2 Å². The molecule has 3 rings (SSSR count). The number of hydrogen-bond donors (Lipinski definition) is 0. The van der Waals surface area contributed by atoms with E-state index in [9.17, 15) is 0 Å². The summed E-state index contributed by atoms with van der Waals surface area (Å²) in [5.74, 6) is 1.57. The first-order valence-electron chi connectivity index (χ1n) is 6.67. The van der Waals surface area contributed by atoms with Crippen LogP contribution in [0.3, 0.4) is 0 Å². The Morgan fingerprint density at radius 1 is 1.18 bits per heavy atom. The van der Waals surface area contributed by atoms with Crippen molar-refractivity contribution in [2.75, 3.05) is 7.05 Å². The molecule has 0 aliphatic rings. The molecular weight excluding hydrogens is 318 g/mol. The number of thiazole rings is 1. The molecule has 3 aromatic rings. The first-order chi connectivity index (χ1) is 10.7. The smallest absolute Gasteiger partial charge is 0.205 e. The number of aryl methyl sites for hydroxylation is 1. The summed E-state index contributed by atoms with van der Waals surface area (Å²) in [6.07, 6.45) is 1.69. The minimum absolute atomic E-state index is 0.709. The van der Waals surface area contributed by atoms with E-state index in [0.29, 0.717) is 10.8 Å². The van der Waals surface area contributed by atoms with Gasteiger partial charge in [0.15, 0.2) is 0 Å². The van der Waals surface area contributed by atoms with Gasteiger partial charge in [-0.05, 0) is 31.2 Å². The molecule has 112 valence electrons. The van der Waals surface area contributed by atoms with E-state index >= 15 is 0 Å². The zero-order chi connectivity index (χ0) is 15.5. The van der Waals surface area contributed by atoms with Gasteiger partial charge in [0.2, 0.25) is 4.80 Å². The molecule has 0 amide bonds. The van der Waals surface area contributed by atoms with E-state index in [1.54, 1.807) is 17.9 Å². The fourth-order valence-corrected chi connectivity index (χ4v) is 2.95. The molecule has 6 heteroatoms. The van der Waals surface area contributed by atoms with E-state index in [4.69, 9.17) is 16.0 Å². The maximum Gasteiger partial charge on any atom is 0.205 e. The van der Waals surface area contributed by atoms with Crippen LogP contribution in [-0.4, -0.2) is 17.9 Å². The zero-order valence-corrected chi connectivity index (χ0v) is 13.7. The molecule has 0 saturated heterocycles. The lowest BCUT2D eigenvalue weighted by molar-refractivity contribution is 0.527. The molecule has 0 aliphatic heterocycles. The highest BCUT2D eigenvalue weighted by molar-refractivity contribution is 7.07. The van der Waals surface area contributed by atoms with Gasteiger partial charge in [-0.1, -0.05) is 23.7 Å². The van der Waals surface area contributed by atoms with Crippen LogP contribution in [0, 0.1) is 6.92 Å². The Labute approximate surface area is 137 Å². The van der Waals surface area contributed by atoms with Crippen molar-refractivity contribution in [1.82, 2.24) is 4.68 Å². The molecule has 2 heterocycles. The van der Waals surface area contributed by atoms with E-state index in [1.165, 1.54) is 11.3 Å². The topological polar surface area (TPSA) is 42.8 Å². The molecule has 0 radical (unpaired) electrons. The van der Waals surface area contributed by atoms with Crippen molar-refractivity contribution in [2.45, 2.75) is 6.92 Å². The SMILES string of the molecule is CN=c1scc(-c2ccc(Cl)cc2)n1N=Cc1ccc(C)o1. The number of rotatable bonds is 3. The van der Waals surface area contributed by atoms with Crippen molar-refractivity contribution in [3.63, 3.8) is 0 Å². The zero-order valence-electron chi connectivity index (χ0n) is 12.2. The van der Waals surface area contributed by atoms with Crippen LogP contribution in [0.25, 0.3) is 11.3 Å². The molecule has 22 heavy (non-hydrogen) atoms. The predicted octanol–water partition coefficient (Wildman–Crippen LogP) is 4.18. The van der Waals surface area contributed by atoms with Crippen LogP contribution >= 0.6 is 22.9 Å². The summed E-state index contributed by atoms with van der Waals surface area (Å²) in [5.41, 5.74) is 1.99. The molecule has 4 nitrogen and oxygen atoms in total. The summed E-state index contributed by atoms with van der Waals surface area (Å²) in [7, 11) is 1.75. The maximum atomic E-state index is 5.95. The summed E-state index contributed by atoms with van der Waals surface area (Å²) in [6, 6.07) is 11.4. The van der Waals surface area contributed by atoms with E-state index in [-0.39, 0.29) is 0 Å². The van der Waals surface area contributed by atoms with Gasteiger partial charge >= 0.3 is 0 Å². The van der Waals surface area contributed by atoms with Gasteiger partial charge in [0.05, 0.1) is 11.9 Å². The van der Waals surface area contributed by atoms with Crippen molar-refractivity contribution in [2.24, 2.45) is 10.1 Å². The van der Waals surface area contributed by atoms with Crippen molar-refractivity contribution in [1.29, 1.82) is 0 Å². The highest BCUT2D eigenvalue weighted by atomic mass is 35.5. The Hall–Kier alpha value is -2.11. The summed E-state index contributed by atoms with van der Waals surface area (Å²) >= 11 is 7.48. The highest BCUT2D eigenvalue weighted by Gasteiger charge is 2.07. The maximum absolute atomic E-state index is 5.95. The van der Waals surface area contributed by atoms with Gasteiger partial charge < -0.3 is 4.42 Å². The molecule has 0 fully saturated rings. The minimum atomic E-state index is 0.709. The lowest BCUT2D eigenvalue weighted by Gasteiger charge is -2.03. The number of halogens is 1. The standard InChI is InChI=1S/C16H14ClN3OS/c1-11-3-8-14(21-11)9-19-20-15(10-22-16(20)18-2)12-4-6-13(17)7-5-12/h3-10H,1-2H3. The first kappa shape index (κ1) is 14.8. The molecule has 0 spiro atoms. The number of nitrogens with zero attached hydrogens (tertiary/aromatic N) is 3. The third kappa shape index (κ3) is 3.05. The Morgan fingerprint density at radius 3 is 2.59 bits per heavy atom. The Bertz CT molecular complexity index is 871. The molecule has 0 saturated carbocycles. The van der Waals surface area contributed by atoms with E-state index in [0.717, 1.165) is 21.8 Å². The van der Waals surface area contributed by atoms with Crippen LogP contribution in [0.15, 0.2) is 56.3 Å². The molecule has 1 aromatic carbocycles. The fourth-order valence-electron chi connectivity index (χ4n) is 2.02. The van der Waals surface area contributed by atoms with Crippen molar-refractivity contribution in [3.8, 4) is 11.3 Å². The molecule has 0 N–H and O–H groups in total. The second-order valence-electron chi connectivity index (χ2n) is 4.64. The van der Waals surface area contributed by atoms with Gasteiger partial charge in [-0.15, -0.1) is 11.3 Å². The van der Waals surface area contributed by atoms with E-state index in [1.807, 2.05) is 48.7 Å². The summed E-state index contributed by atoms with van der Waals surface area (Å²) in [5, 5.41) is 7.23. The van der Waals surface area contributed by atoms with Gasteiger partial charge in [-0.2, -0.15) is 5.10 Å². The summed E-state index contributed by atoms with van der Waals surface area (Å²) in [4.78, 5) is 5.07. The van der Waals surface area contributed by atoms with Crippen LogP contribution < -0.4 is 4.80 Å². The largest absolute Gasteiger partial charge is 0.460 e. The molecular formula is C16H14ClN3OS. The van der Waals surface area contributed by atoms with Gasteiger partial charge in [0.1, 0.15) is 11.5 Å². The monoisotopic (exact) mass is 331 g/mol.